The van der Waals surface area contributed by atoms with E-state index in [1.807, 2.05) is 0 Å². The Morgan fingerprint density at radius 1 is 1.39 bits per heavy atom. The van der Waals surface area contributed by atoms with Gasteiger partial charge in [-0.15, -0.1) is 0 Å². The SMILES string of the molecule is Cn1cccc(CNC(=O)c2cccnc2)c1=O. The number of nitrogens with one attached hydrogen (secondary N) is 1. The number of nitrogens with zero attached hydrogens (tertiary/aromatic N) is 2. The zero-order chi connectivity index (χ0) is 13.0. The molecule has 1 N–H and O–H groups in total. The van der Waals surface area contributed by atoms with Crippen LogP contribution in [0.3, 0.4) is 0 Å². The van der Waals surface area contributed by atoms with Crippen LogP contribution in [-0.2, 0) is 13.6 Å². The Hall–Kier alpha value is -2.43. The summed E-state index contributed by atoms with van der Waals surface area (Å²) >= 11 is 0. The molecule has 0 fully saturated rings. The van der Waals surface area contributed by atoms with Gasteiger partial charge >= 0.3 is 0 Å². The summed E-state index contributed by atoms with van der Waals surface area (Å²) in [7, 11) is 1.68. The van der Waals surface area contributed by atoms with Gasteiger partial charge in [-0.3, -0.25) is 14.6 Å². The summed E-state index contributed by atoms with van der Waals surface area (Å²) in [6.07, 6.45) is 4.76. The smallest absolute Gasteiger partial charge is 0.255 e. The van der Waals surface area contributed by atoms with E-state index in [1.165, 1.54) is 10.8 Å². The van der Waals surface area contributed by atoms with Gasteiger partial charge in [0.15, 0.2) is 0 Å². The number of carbonyl (C=O) groups is 1. The van der Waals surface area contributed by atoms with E-state index in [0.29, 0.717) is 11.1 Å². The van der Waals surface area contributed by atoms with Crippen LogP contribution >= 0.6 is 0 Å². The van der Waals surface area contributed by atoms with Crippen molar-refractivity contribution in [3.63, 3.8) is 0 Å². The number of carbonyl (C=O) groups excluding carboxylic acids is 1. The van der Waals surface area contributed by atoms with Crippen molar-refractivity contribution < 1.29 is 4.79 Å². The molecule has 0 aliphatic carbocycles. The van der Waals surface area contributed by atoms with Gasteiger partial charge < -0.3 is 9.88 Å². The predicted octanol–water partition coefficient (Wildman–Crippen LogP) is 0.710. The number of aryl methyl sites for hydroxylation is 1. The molecule has 5 nitrogen and oxygen atoms in total. The molecule has 0 bridgehead atoms. The number of hydrogen-bond donors (Lipinski definition) is 1. The summed E-state index contributed by atoms with van der Waals surface area (Å²) < 4.78 is 1.48. The van der Waals surface area contributed by atoms with Crippen LogP contribution in [0.25, 0.3) is 0 Å². The molecule has 2 aromatic rings. The third kappa shape index (κ3) is 2.63. The first-order chi connectivity index (χ1) is 8.68. The molecule has 0 aromatic carbocycles. The van der Waals surface area contributed by atoms with Gasteiger partial charge in [-0.2, -0.15) is 0 Å². The maximum atomic E-state index is 11.8. The highest BCUT2D eigenvalue weighted by Crippen LogP contribution is 1.96. The average molecular weight is 243 g/mol. The minimum atomic E-state index is -0.242. The minimum Gasteiger partial charge on any atom is -0.348 e. The molecule has 0 aliphatic heterocycles. The lowest BCUT2D eigenvalue weighted by molar-refractivity contribution is 0.0950. The van der Waals surface area contributed by atoms with E-state index in [2.05, 4.69) is 10.3 Å². The Morgan fingerprint density at radius 3 is 2.94 bits per heavy atom. The summed E-state index contributed by atoms with van der Waals surface area (Å²) in [5, 5.41) is 2.69. The fourth-order valence-corrected chi connectivity index (χ4v) is 1.56. The summed E-state index contributed by atoms with van der Waals surface area (Å²) in [5.41, 5.74) is 0.923. The first kappa shape index (κ1) is 12.0. The highest BCUT2D eigenvalue weighted by Gasteiger charge is 2.06. The fraction of sp³-hybridized carbons (Fsp3) is 0.154. The lowest BCUT2D eigenvalue weighted by Gasteiger charge is -2.05. The van der Waals surface area contributed by atoms with Crippen LogP contribution < -0.4 is 10.9 Å². The van der Waals surface area contributed by atoms with Crippen molar-refractivity contribution >= 4 is 5.91 Å². The van der Waals surface area contributed by atoms with Crippen molar-refractivity contribution in [1.82, 2.24) is 14.9 Å². The molecule has 0 aliphatic rings. The van der Waals surface area contributed by atoms with Gasteiger partial charge in [0.2, 0.25) is 0 Å². The van der Waals surface area contributed by atoms with Crippen LogP contribution in [0.4, 0.5) is 0 Å². The fourth-order valence-electron chi connectivity index (χ4n) is 1.56. The largest absolute Gasteiger partial charge is 0.348 e. The second-order valence-electron chi connectivity index (χ2n) is 3.87. The third-order valence-corrected chi connectivity index (χ3v) is 2.57. The van der Waals surface area contributed by atoms with E-state index in [9.17, 15) is 9.59 Å². The van der Waals surface area contributed by atoms with Gasteiger partial charge in [-0.1, -0.05) is 6.07 Å². The van der Waals surface area contributed by atoms with Crippen LogP contribution in [0.5, 0.6) is 0 Å². The lowest BCUT2D eigenvalue weighted by Crippen LogP contribution is -2.28. The van der Waals surface area contributed by atoms with Gasteiger partial charge in [0.25, 0.3) is 11.5 Å². The number of pyridine rings is 2. The van der Waals surface area contributed by atoms with Gasteiger partial charge in [-0.25, -0.2) is 0 Å². The van der Waals surface area contributed by atoms with Crippen LogP contribution in [0, 0.1) is 0 Å². The Balaban J connectivity index is 2.07. The van der Waals surface area contributed by atoms with Gasteiger partial charge in [-0.05, 0) is 18.2 Å². The molecule has 0 saturated carbocycles. The van der Waals surface area contributed by atoms with E-state index in [1.54, 1.807) is 43.7 Å². The summed E-state index contributed by atoms with van der Waals surface area (Å²) in [6, 6.07) is 6.83. The van der Waals surface area contributed by atoms with Gasteiger partial charge in [0, 0.05) is 37.7 Å². The summed E-state index contributed by atoms with van der Waals surface area (Å²) in [5.74, 6) is -0.242. The maximum absolute atomic E-state index is 11.8. The van der Waals surface area contributed by atoms with Gasteiger partial charge in [0.1, 0.15) is 0 Å². The quantitative estimate of drug-likeness (QED) is 0.863. The Labute approximate surface area is 104 Å². The molecule has 18 heavy (non-hydrogen) atoms. The predicted molar refractivity (Wildman–Crippen MR) is 67.1 cm³/mol. The normalized spacial score (nSPS) is 10.1. The van der Waals surface area contributed by atoms with Crippen molar-refractivity contribution in [2.24, 2.45) is 7.05 Å². The highest BCUT2D eigenvalue weighted by atomic mass is 16.2. The topological polar surface area (TPSA) is 64.0 Å². The van der Waals surface area contributed by atoms with Crippen LogP contribution in [0.1, 0.15) is 15.9 Å². The molecule has 0 atom stereocenters. The number of hydrogen-bond acceptors (Lipinski definition) is 3. The maximum Gasteiger partial charge on any atom is 0.255 e. The van der Waals surface area contributed by atoms with Crippen molar-refractivity contribution in [2.75, 3.05) is 0 Å². The zero-order valence-corrected chi connectivity index (χ0v) is 9.96. The summed E-state index contributed by atoms with van der Waals surface area (Å²) in [6.45, 7) is 0.210. The second-order valence-corrected chi connectivity index (χ2v) is 3.87. The molecule has 0 saturated heterocycles. The molecule has 0 spiro atoms. The van der Waals surface area contributed by atoms with E-state index in [0.717, 1.165) is 0 Å². The molecule has 2 aromatic heterocycles. The highest BCUT2D eigenvalue weighted by molar-refractivity contribution is 5.93. The molecule has 0 unspecified atom stereocenters. The van der Waals surface area contributed by atoms with Crippen LogP contribution in [0.2, 0.25) is 0 Å². The molecular weight excluding hydrogens is 230 g/mol. The average Bonchev–Trinajstić information content (AvgIpc) is 2.41. The van der Waals surface area contributed by atoms with E-state index >= 15 is 0 Å². The Morgan fingerprint density at radius 2 is 2.22 bits per heavy atom. The monoisotopic (exact) mass is 243 g/mol. The molecule has 1 amide bonds. The van der Waals surface area contributed by atoms with Crippen LogP contribution in [-0.4, -0.2) is 15.5 Å². The summed E-state index contributed by atoms with van der Waals surface area (Å²) in [4.78, 5) is 27.3. The van der Waals surface area contributed by atoms with Gasteiger partial charge in [0.05, 0.1) is 5.56 Å². The second kappa shape index (κ2) is 5.27. The van der Waals surface area contributed by atoms with Crippen molar-refractivity contribution in [3.8, 4) is 0 Å². The molecule has 2 heterocycles. The number of aromatic nitrogens is 2. The molecule has 2 rings (SSSR count). The zero-order valence-electron chi connectivity index (χ0n) is 9.96. The molecule has 5 heteroatoms. The first-order valence-electron chi connectivity index (χ1n) is 5.51. The lowest BCUT2D eigenvalue weighted by atomic mass is 10.2. The van der Waals surface area contributed by atoms with E-state index in [4.69, 9.17) is 0 Å². The van der Waals surface area contributed by atoms with Crippen LogP contribution in [0.15, 0.2) is 47.7 Å². The van der Waals surface area contributed by atoms with Crippen molar-refractivity contribution in [1.29, 1.82) is 0 Å². The third-order valence-electron chi connectivity index (χ3n) is 2.57. The van der Waals surface area contributed by atoms with Crippen molar-refractivity contribution in [2.45, 2.75) is 6.54 Å². The molecule has 0 radical (unpaired) electrons. The number of rotatable bonds is 3. The first-order valence-corrected chi connectivity index (χ1v) is 5.51. The Bertz CT molecular complexity index is 605. The van der Waals surface area contributed by atoms with Crippen molar-refractivity contribution in [3.05, 3.63) is 64.3 Å². The molecular formula is C13H13N3O2. The molecule has 92 valence electrons. The van der Waals surface area contributed by atoms with E-state index < -0.39 is 0 Å². The number of amides is 1. The standard InChI is InChI=1S/C13H13N3O2/c1-16-7-3-5-11(13(16)18)9-15-12(17)10-4-2-6-14-8-10/h2-8H,9H2,1H3,(H,15,17). The minimum absolute atomic E-state index is 0.107. The Kier molecular flexibility index (Phi) is 3.52. The van der Waals surface area contributed by atoms with E-state index in [-0.39, 0.29) is 18.0 Å².